The van der Waals surface area contributed by atoms with Gasteiger partial charge >= 0.3 is 5.97 Å². The summed E-state index contributed by atoms with van der Waals surface area (Å²) in [5.74, 6) is -2.18. The Bertz CT molecular complexity index is 1350. The van der Waals surface area contributed by atoms with E-state index in [1.54, 1.807) is 24.3 Å². The van der Waals surface area contributed by atoms with Crippen molar-refractivity contribution in [3.8, 4) is 34.3 Å². The third-order valence-corrected chi connectivity index (χ3v) is 6.07. The summed E-state index contributed by atoms with van der Waals surface area (Å²) < 4.78 is 27.0. The number of aromatic hydroxyl groups is 2. The first-order valence-corrected chi connectivity index (χ1v) is 11.9. The first-order chi connectivity index (χ1) is 18.2. The van der Waals surface area contributed by atoms with E-state index in [0.29, 0.717) is 17.7 Å². The second-order valence-electron chi connectivity index (χ2n) is 8.69. The molecule has 5 atom stereocenters. The van der Waals surface area contributed by atoms with E-state index >= 15 is 0 Å². The van der Waals surface area contributed by atoms with Crippen molar-refractivity contribution < 1.29 is 53.7 Å². The van der Waals surface area contributed by atoms with Gasteiger partial charge in [-0.15, -0.1) is 0 Å². The highest BCUT2D eigenvalue weighted by Crippen LogP contribution is 2.42. The van der Waals surface area contributed by atoms with Crippen LogP contribution in [0.1, 0.15) is 19.8 Å². The highest BCUT2D eigenvalue weighted by molar-refractivity contribution is 5.91. The van der Waals surface area contributed by atoms with E-state index in [2.05, 4.69) is 0 Å². The van der Waals surface area contributed by atoms with Crippen LogP contribution in [0.5, 0.6) is 23.0 Å². The first kappa shape index (κ1) is 27.2. The number of ether oxygens (including phenoxy) is 4. The SMILES string of the molecule is CCCCOC(=O)C1O[C@@H](Oc2c(O)cc(O)c3c(=O)cc(-c4ccc(OC)cc4)oc23)C(O)[C@@H](O)[C@@H]1O. The number of esters is 1. The van der Waals surface area contributed by atoms with E-state index in [9.17, 15) is 35.1 Å². The average Bonchev–Trinajstić information content (AvgIpc) is 2.90. The third-order valence-electron chi connectivity index (χ3n) is 6.07. The van der Waals surface area contributed by atoms with Crippen LogP contribution in [0, 0.1) is 0 Å². The lowest BCUT2D eigenvalue weighted by molar-refractivity contribution is -0.272. The van der Waals surface area contributed by atoms with Crippen LogP contribution >= 0.6 is 0 Å². The van der Waals surface area contributed by atoms with Crippen LogP contribution in [0.4, 0.5) is 0 Å². The monoisotopic (exact) mass is 532 g/mol. The number of carbonyl (C=O) groups excluding carboxylic acids is 1. The van der Waals surface area contributed by atoms with Crippen molar-refractivity contribution in [2.75, 3.05) is 13.7 Å². The molecule has 0 radical (unpaired) electrons. The zero-order valence-electron chi connectivity index (χ0n) is 20.6. The number of phenolic OH excluding ortho intramolecular Hbond substituents is 2. The van der Waals surface area contributed by atoms with Gasteiger partial charge in [-0.3, -0.25) is 4.79 Å². The predicted molar refractivity (Wildman–Crippen MR) is 131 cm³/mol. The molecule has 1 fully saturated rings. The van der Waals surface area contributed by atoms with Crippen molar-refractivity contribution >= 4 is 16.9 Å². The molecule has 1 aliphatic rings. The van der Waals surface area contributed by atoms with E-state index in [0.717, 1.165) is 18.6 Å². The summed E-state index contributed by atoms with van der Waals surface area (Å²) in [7, 11) is 1.49. The van der Waals surface area contributed by atoms with Crippen molar-refractivity contribution in [2.45, 2.75) is 50.5 Å². The topological polar surface area (TPSA) is 185 Å². The van der Waals surface area contributed by atoms with Crippen LogP contribution in [-0.4, -0.2) is 75.9 Å². The van der Waals surface area contributed by atoms with Gasteiger partial charge in [0, 0.05) is 17.7 Å². The van der Waals surface area contributed by atoms with Gasteiger partial charge < -0.3 is 48.9 Å². The van der Waals surface area contributed by atoms with Gasteiger partial charge in [0.2, 0.25) is 12.0 Å². The van der Waals surface area contributed by atoms with Crippen LogP contribution < -0.4 is 14.9 Å². The van der Waals surface area contributed by atoms with Gasteiger partial charge in [0.15, 0.2) is 22.9 Å². The summed E-state index contributed by atoms with van der Waals surface area (Å²) in [5, 5.41) is 51.7. The van der Waals surface area contributed by atoms with Crippen molar-refractivity contribution in [3.63, 3.8) is 0 Å². The van der Waals surface area contributed by atoms with Gasteiger partial charge in [0.05, 0.1) is 13.7 Å². The minimum absolute atomic E-state index is 0.0504. The van der Waals surface area contributed by atoms with Crippen LogP contribution in [0.2, 0.25) is 0 Å². The maximum atomic E-state index is 12.9. The van der Waals surface area contributed by atoms with E-state index in [-0.39, 0.29) is 23.3 Å². The van der Waals surface area contributed by atoms with Crippen LogP contribution in [0.3, 0.4) is 0 Å². The molecule has 12 heteroatoms. The van der Waals surface area contributed by atoms with E-state index in [4.69, 9.17) is 23.4 Å². The summed E-state index contributed by atoms with van der Waals surface area (Å²) in [6.45, 7) is 1.94. The Labute approximate surface area is 216 Å². The number of unbranched alkanes of at least 4 members (excludes halogenated alkanes) is 1. The molecule has 12 nitrogen and oxygen atoms in total. The summed E-state index contributed by atoms with van der Waals surface area (Å²) in [6.07, 6.45) is -7.83. The number of aliphatic hydroxyl groups is 3. The molecule has 3 aromatic rings. The van der Waals surface area contributed by atoms with Crippen LogP contribution in [-0.2, 0) is 14.3 Å². The largest absolute Gasteiger partial charge is 0.507 e. The molecule has 0 aliphatic carbocycles. The number of carbonyl (C=O) groups is 1. The molecule has 2 unspecified atom stereocenters. The number of hydrogen-bond donors (Lipinski definition) is 5. The fourth-order valence-corrected chi connectivity index (χ4v) is 3.95. The van der Waals surface area contributed by atoms with Gasteiger partial charge in [-0.1, -0.05) is 13.3 Å². The third kappa shape index (κ3) is 5.24. The minimum Gasteiger partial charge on any atom is -0.507 e. The Balaban J connectivity index is 1.73. The van der Waals surface area contributed by atoms with E-state index in [1.807, 2.05) is 6.92 Å². The molecule has 1 aromatic heterocycles. The lowest BCUT2D eigenvalue weighted by Gasteiger charge is -2.39. The molecule has 0 spiro atoms. The maximum Gasteiger partial charge on any atom is 0.338 e. The molecule has 38 heavy (non-hydrogen) atoms. The number of phenols is 2. The summed E-state index contributed by atoms with van der Waals surface area (Å²) >= 11 is 0. The molecule has 2 heterocycles. The average molecular weight is 532 g/mol. The van der Waals surface area contributed by atoms with Crippen LogP contribution in [0.25, 0.3) is 22.3 Å². The maximum absolute atomic E-state index is 12.9. The molecule has 4 rings (SSSR count). The quantitative estimate of drug-likeness (QED) is 0.208. The Morgan fingerprint density at radius 2 is 1.71 bits per heavy atom. The molecule has 2 aromatic carbocycles. The molecule has 5 N–H and O–H groups in total. The number of methoxy groups -OCH3 is 1. The molecule has 204 valence electrons. The minimum atomic E-state index is -1.88. The lowest BCUT2D eigenvalue weighted by atomic mass is 9.99. The second-order valence-corrected chi connectivity index (χ2v) is 8.69. The lowest BCUT2D eigenvalue weighted by Crippen LogP contribution is -2.61. The molecule has 0 bridgehead atoms. The van der Waals surface area contributed by atoms with Crippen molar-refractivity contribution in [1.29, 1.82) is 0 Å². The zero-order valence-corrected chi connectivity index (χ0v) is 20.6. The number of benzene rings is 2. The molecular weight excluding hydrogens is 504 g/mol. The Morgan fingerprint density at radius 1 is 1.00 bits per heavy atom. The van der Waals surface area contributed by atoms with Crippen molar-refractivity contribution in [3.05, 3.63) is 46.6 Å². The molecular formula is C26H28O12. The Kier molecular flexibility index (Phi) is 8.07. The van der Waals surface area contributed by atoms with Gasteiger partial charge in [-0.25, -0.2) is 4.79 Å². The fraction of sp³-hybridized carbons (Fsp3) is 0.385. The molecule has 0 amide bonds. The number of fused-ring (bicyclic) bond motifs is 1. The summed E-state index contributed by atoms with van der Waals surface area (Å²) in [6, 6.07) is 8.47. The highest BCUT2D eigenvalue weighted by atomic mass is 16.7. The second kappa shape index (κ2) is 11.3. The number of hydrogen-bond acceptors (Lipinski definition) is 12. The first-order valence-electron chi connectivity index (χ1n) is 11.9. The normalized spacial score (nSPS) is 23.2. The molecule has 0 saturated carbocycles. The van der Waals surface area contributed by atoms with Crippen LogP contribution in [0.15, 0.2) is 45.6 Å². The van der Waals surface area contributed by atoms with E-state index < -0.39 is 59.4 Å². The summed E-state index contributed by atoms with van der Waals surface area (Å²) in [4.78, 5) is 25.3. The van der Waals surface area contributed by atoms with Gasteiger partial charge in [0.1, 0.15) is 41.0 Å². The smallest absolute Gasteiger partial charge is 0.338 e. The van der Waals surface area contributed by atoms with Gasteiger partial charge in [-0.05, 0) is 30.7 Å². The van der Waals surface area contributed by atoms with E-state index in [1.165, 1.54) is 7.11 Å². The Hall–Kier alpha value is -3.84. The Morgan fingerprint density at radius 3 is 2.37 bits per heavy atom. The highest BCUT2D eigenvalue weighted by Gasteiger charge is 2.49. The van der Waals surface area contributed by atoms with Gasteiger partial charge in [0.25, 0.3) is 0 Å². The fourth-order valence-electron chi connectivity index (χ4n) is 3.95. The number of aliphatic hydroxyl groups excluding tert-OH is 3. The summed E-state index contributed by atoms with van der Waals surface area (Å²) in [5.41, 5.74) is -0.599. The van der Waals surface area contributed by atoms with Crippen molar-refractivity contribution in [2.24, 2.45) is 0 Å². The molecule has 1 saturated heterocycles. The number of rotatable bonds is 8. The van der Waals surface area contributed by atoms with Gasteiger partial charge in [-0.2, -0.15) is 0 Å². The van der Waals surface area contributed by atoms with Crippen molar-refractivity contribution in [1.82, 2.24) is 0 Å². The standard InChI is InChI=1S/C26H28O12/c1-3-4-9-35-25(33)24-20(31)19(30)21(32)26(38-24)37-22-16(29)10-14(27)18-15(28)11-17(36-23(18)22)12-5-7-13(34-2)8-6-12/h5-8,10-11,19-21,24,26-27,29-32H,3-4,9H2,1-2H3/t19-,20-,21?,24?,26+/m0/s1. The molecule has 1 aliphatic heterocycles. The zero-order chi connectivity index (χ0) is 27.6. The predicted octanol–water partition coefficient (Wildman–Crippen LogP) is 1.41.